The molecule has 4 nitrogen and oxygen atoms in total. The second kappa shape index (κ2) is 16.2. The summed E-state index contributed by atoms with van der Waals surface area (Å²) in [7, 11) is 0. The minimum absolute atomic E-state index is 0.0408. The molecule has 0 spiro atoms. The van der Waals surface area contributed by atoms with Gasteiger partial charge in [0.05, 0.1) is 19.1 Å². The van der Waals surface area contributed by atoms with Gasteiger partial charge in [0, 0.05) is 12.3 Å². The zero-order chi connectivity index (χ0) is 21.3. The second-order valence-corrected chi connectivity index (χ2v) is 8.00. The van der Waals surface area contributed by atoms with Crippen LogP contribution < -0.4 is 0 Å². The van der Waals surface area contributed by atoms with E-state index in [2.05, 4.69) is 31.2 Å². The quantitative estimate of drug-likeness (QED) is 0.179. The molecule has 0 aromatic carbocycles. The molecule has 166 valence electrons. The molecule has 3 atom stereocenters. The Labute approximate surface area is 178 Å². The van der Waals surface area contributed by atoms with Gasteiger partial charge in [-0.3, -0.25) is 9.59 Å². The van der Waals surface area contributed by atoms with Crippen molar-refractivity contribution in [1.29, 1.82) is 0 Å². The summed E-state index contributed by atoms with van der Waals surface area (Å²) in [4.78, 5) is 23.7. The van der Waals surface area contributed by atoms with E-state index in [1.54, 1.807) is 0 Å². The number of unbranched alkanes of at least 4 members (excludes halogenated alkanes) is 6. The van der Waals surface area contributed by atoms with Gasteiger partial charge in [0.25, 0.3) is 0 Å². The number of hydrogen-bond acceptors (Lipinski definition) is 4. The first-order chi connectivity index (χ1) is 14.1. The molecule has 0 radical (unpaired) electrons. The molecule has 29 heavy (non-hydrogen) atoms. The summed E-state index contributed by atoms with van der Waals surface area (Å²) in [5, 5.41) is 0. The minimum atomic E-state index is -0.0796. The van der Waals surface area contributed by atoms with Crippen molar-refractivity contribution in [2.45, 2.75) is 91.4 Å². The Balaban J connectivity index is 2.32. The van der Waals surface area contributed by atoms with Crippen molar-refractivity contribution in [3.8, 4) is 0 Å². The van der Waals surface area contributed by atoms with Crippen LogP contribution in [0.15, 0.2) is 24.3 Å². The number of rotatable bonds is 15. The normalized spacial score (nSPS) is 21.4. The third kappa shape index (κ3) is 11.3. The van der Waals surface area contributed by atoms with Crippen LogP contribution in [0.4, 0.5) is 0 Å². The van der Waals surface area contributed by atoms with Crippen molar-refractivity contribution in [3.05, 3.63) is 24.3 Å². The highest BCUT2D eigenvalue weighted by atomic mass is 16.5. The molecule has 0 fully saturated rings. The zero-order valence-corrected chi connectivity index (χ0v) is 18.9. The van der Waals surface area contributed by atoms with E-state index in [0.717, 1.165) is 44.9 Å². The fraction of sp³-hybridized carbons (Fsp3) is 0.760. The van der Waals surface area contributed by atoms with Crippen LogP contribution in [-0.2, 0) is 19.1 Å². The third-order valence-electron chi connectivity index (χ3n) is 5.56. The molecular formula is C25H42O4. The van der Waals surface area contributed by atoms with E-state index >= 15 is 0 Å². The van der Waals surface area contributed by atoms with Crippen molar-refractivity contribution in [3.63, 3.8) is 0 Å². The van der Waals surface area contributed by atoms with Crippen LogP contribution in [0.5, 0.6) is 0 Å². The number of hydrogen-bond donors (Lipinski definition) is 0. The van der Waals surface area contributed by atoms with Crippen molar-refractivity contribution < 1.29 is 19.1 Å². The first-order valence-electron chi connectivity index (χ1n) is 11.8. The molecule has 0 aromatic heterocycles. The van der Waals surface area contributed by atoms with Crippen LogP contribution in [0.3, 0.4) is 0 Å². The molecule has 0 bridgehead atoms. The smallest absolute Gasteiger partial charge is 0.309 e. The van der Waals surface area contributed by atoms with Crippen molar-refractivity contribution in [1.82, 2.24) is 0 Å². The van der Waals surface area contributed by atoms with Crippen LogP contribution in [0, 0.1) is 17.8 Å². The lowest BCUT2D eigenvalue weighted by Crippen LogP contribution is -2.29. The van der Waals surface area contributed by atoms with Gasteiger partial charge in [-0.1, -0.05) is 63.3 Å². The molecule has 0 saturated carbocycles. The van der Waals surface area contributed by atoms with Crippen molar-refractivity contribution in [2.24, 2.45) is 17.8 Å². The number of carbonyl (C=O) groups excluding carboxylic acids is 2. The van der Waals surface area contributed by atoms with Crippen molar-refractivity contribution in [2.75, 3.05) is 13.2 Å². The largest absolute Gasteiger partial charge is 0.466 e. The highest BCUT2D eigenvalue weighted by Gasteiger charge is 2.31. The monoisotopic (exact) mass is 406 g/mol. The van der Waals surface area contributed by atoms with Gasteiger partial charge >= 0.3 is 11.9 Å². The van der Waals surface area contributed by atoms with Crippen LogP contribution >= 0.6 is 0 Å². The van der Waals surface area contributed by atoms with Gasteiger partial charge in [0.1, 0.15) is 0 Å². The minimum Gasteiger partial charge on any atom is -0.466 e. The lowest BCUT2D eigenvalue weighted by atomic mass is 9.77. The van der Waals surface area contributed by atoms with E-state index in [9.17, 15) is 9.59 Å². The van der Waals surface area contributed by atoms with Gasteiger partial charge in [0.2, 0.25) is 0 Å². The summed E-state index contributed by atoms with van der Waals surface area (Å²) >= 11 is 0. The molecule has 0 N–H and O–H groups in total. The first-order valence-corrected chi connectivity index (χ1v) is 11.8. The summed E-state index contributed by atoms with van der Waals surface area (Å²) in [5.74, 6) is 0.500. The molecule has 0 heterocycles. The summed E-state index contributed by atoms with van der Waals surface area (Å²) in [6.07, 6.45) is 20.5. The number of carbonyl (C=O) groups is 2. The predicted octanol–water partition coefficient (Wildman–Crippen LogP) is 6.40. The number of allylic oxidation sites excluding steroid dienone is 4. The average Bonchev–Trinajstić information content (AvgIpc) is 2.71. The fourth-order valence-electron chi connectivity index (χ4n) is 3.91. The van der Waals surface area contributed by atoms with Gasteiger partial charge < -0.3 is 9.47 Å². The Bertz CT molecular complexity index is 509. The van der Waals surface area contributed by atoms with Crippen LogP contribution in [0.25, 0.3) is 0 Å². The fourth-order valence-corrected chi connectivity index (χ4v) is 3.91. The maximum Gasteiger partial charge on any atom is 0.309 e. The Morgan fingerprint density at radius 3 is 2.38 bits per heavy atom. The topological polar surface area (TPSA) is 52.6 Å². The molecule has 4 heteroatoms. The Kier molecular flexibility index (Phi) is 14.3. The predicted molar refractivity (Wildman–Crippen MR) is 118 cm³/mol. The Morgan fingerprint density at radius 2 is 1.66 bits per heavy atom. The van der Waals surface area contributed by atoms with Crippen LogP contribution in [0.2, 0.25) is 0 Å². The molecule has 1 aliphatic rings. The lowest BCUT2D eigenvalue weighted by Gasteiger charge is -2.28. The van der Waals surface area contributed by atoms with Crippen molar-refractivity contribution >= 4 is 11.9 Å². The van der Waals surface area contributed by atoms with E-state index in [1.807, 2.05) is 13.8 Å². The molecule has 0 amide bonds. The molecule has 0 aliphatic heterocycles. The average molecular weight is 407 g/mol. The van der Waals surface area contributed by atoms with Gasteiger partial charge in [-0.2, -0.15) is 0 Å². The van der Waals surface area contributed by atoms with E-state index in [-0.39, 0.29) is 23.8 Å². The summed E-state index contributed by atoms with van der Waals surface area (Å²) in [6.45, 7) is 6.85. The number of ether oxygens (including phenoxy) is 2. The van der Waals surface area contributed by atoms with Gasteiger partial charge in [-0.15, -0.1) is 0 Å². The molecule has 0 saturated heterocycles. The zero-order valence-electron chi connectivity index (χ0n) is 18.9. The van der Waals surface area contributed by atoms with E-state index < -0.39 is 0 Å². The maximum absolute atomic E-state index is 12.4. The third-order valence-corrected chi connectivity index (χ3v) is 5.56. The van der Waals surface area contributed by atoms with Crippen LogP contribution in [-0.4, -0.2) is 25.2 Å². The summed E-state index contributed by atoms with van der Waals surface area (Å²) in [5.41, 5.74) is 0. The molecule has 1 rings (SSSR count). The highest BCUT2D eigenvalue weighted by Crippen LogP contribution is 2.33. The SMILES string of the molecule is CCCC[C@@H]1C=C[C@@H](/C=C\CCCCCCCC(=O)OCC)[C@@H](C(=O)OCC)C1. The number of esters is 2. The molecular weight excluding hydrogens is 364 g/mol. The van der Waals surface area contributed by atoms with E-state index in [0.29, 0.717) is 25.6 Å². The van der Waals surface area contributed by atoms with Crippen LogP contribution in [0.1, 0.15) is 91.4 Å². The molecule has 1 aliphatic carbocycles. The van der Waals surface area contributed by atoms with E-state index in [1.165, 1.54) is 19.3 Å². The standard InChI is InChI=1S/C25H42O4/c1-4-7-15-21-18-19-22(23(20-21)25(27)29-6-3)16-13-11-9-8-10-12-14-17-24(26)28-5-2/h13,16,18-19,21-23H,4-12,14-15,17,20H2,1-3H3/b16-13-/t21-,22-,23+/m1/s1. The molecule has 0 aromatic rings. The maximum atomic E-state index is 12.4. The first kappa shape index (κ1) is 25.5. The lowest BCUT2D eigenvalue weighted by molar-refractivity contribution is -0.149. The molecule has 0 unspecified atom stereocenters. The van der Waals surface area contributed by atoms with Gasteiger partial charge in [-0.25, -0.2) is 0 Å². The van der Waals surface area contributed by atoms with Gasteiger partial charge in [-0.05, 0) is 51.9 Å². The second-order valence-electron chi connectivity index (χ2n) is 8.00. The Morgan fingerprint density at radius 1 is 0.931 bits per heavy atom. The van der Waals surface area contributed by atoms with Gasteiger partial charge in [0.15, 0.2) is 0 Å². The Hall–Kier alpha value is -1.58. The van der Waals surface area contributed by atoms with E-state index in [4.69, 9.17) is 9.47 Å². The summed E-state index contributed by atoms with van der Waals surface area (Å²) in [6, 6.07) is 0. The summed E-state index contributed by atoms with van der Waals surface area (Å²) < 4.78 is 10.3. The highest BCUT2D eigenvalue weighted by molar-refractivity contribution is 5.73.